The van der Waals surface area contributed by atoms with Crippen LogP contribution in [0.3, 0.4) is 0 Å². The predicted octanol–water partition coefficient (Wildman–Crippen LogP) is 2.85. The minimum absolute atomic E-state index is 0.0139. The number of piperidine rings is 1. The van der Waals surface area contributed by atoms with E-state index in [2.05, 4.69) is 15.6 Å². The maximum Gasteiger partial charge on any atom is 0.243 e. The number of hydrogen-bond acceptors (Lipinski definition) is 6. The molecule has 0 unspecified atom stereocenters. The number of carbonyl (C=O) groups is 2. The molecule has 1 saturated carbocycles. The van der Waals surface area contributed by atoms with Gasteiger partial charge in [-0.05, 0) is 49.9 Å². The standard InChI is InChI=1S/C20H24N4O4S2/c25-18(12-16-13-29-20(22-16)23-19(26)14-4-5-14)21-15-6-8-17(9-7-15)30(27,28)24-10-2-1-3-11-24/h6-9,13-14H,1-5,10-12H2,(H,21,25)(H,22,23,26). The van der Waals surface area contributed by atoms with Crippen LogP contribution in [0.1, 0.15) is 37.8 Å². The summed E-state index contributed by atoms with van der Waals surface area (Å²) < 4.78 is 26.9. The van der Waals surface area contributed by atoms with Crippen LogP contribution in [0.2, 0.25) is 0 Å². The second-order valence-electron chi connectivity index (χ2n) is 7.62. The molecule has 1 aliphatic heterocycles. The van der Waals surface area contributed by atoms with Crippen molar-refractivity contribution in [3.63, 3.8) is 0 Å². The van der Waals surface area contributed by atoms with Gasteiger partial charge >= 0.3 is 0 Å². The molecule has 1 aromatic carbocycles. The fourth-order valence-electron chi connectivity index (χ4n) is 3.33. The normalized spacial score (nSPS) is 17.5. The molecular formula is C20H24N4O4S2. The first-order valence-electron chi connectivity index (χ1n) is 10.1. The summed E-state index contributed by atoms with van der Waals surface area (Å²) in [5, 5.41) is 7.78. The van der Waals surface area contributed by atoms with Gasteiger partial charge in [0.2, 0.25) is 21.8 Å². The number of nitrogens with zero attached hydrogens (tertiary/aromatic N) is 2. The largest absolute Gasteiger partial charge is 0.326 e. The molecule has 1 aliphatic carbocycles. The van der Waals surface area contributed by atoms with Crippen LogP contribution >= 0.6 is 11.3 Å². The van der Waals surface area contributed by atoms with Crippen LogP contribution in [0.15, 0.2) is 34.5 Å². The fourth-order valence-corrected chi connectivity index (χ4v) is 5.56. The summed E-state index contributed by atoms with van der Waals surface area (Å²) >= 11 is 1.30. The average Bonchev–Trinajstić information content (AvgIpc) is 3.51. The first-order chi connectivity index (χ1) is 14.4. The summed E-state index contributed by atoms with van der Waals surface area (Å²) in [7, 11) is -3.49. The first kappa shape index (κ1) is 21.0. The molecule has 2 fully saturated rings. The summed E-state index contributed by atoms with van der Waals surface area (Å²) in [6.07, 6.45) is 4.75. The van der Waals surface area contributed by atoms with Crippen LogP contribution in [0.5, 0.6) is 0 Å². The van der Waals surface area contributed by atoms with E-state index in [1.165, 1.54) is 27.8 Å². The van der Waals surface area contributed by atoms with E-state index in [9.17, 15) is 18.0 Å². The van der Waals surface area contributed by atoms with Crippen molar-refractivity contribution in [3.8, 4) is 0 Å². The monoisotopic (exact) mass is 448 g/mol. The van der Waals surface area contributed by atoms with Gasteiger partial charge in [0, 0.05) is 30.1 Å². The Kier molecular flexibility index (Phi) is 6.16. The number of anilines is 2. The van der Waals surface area contributed by atoms with Crippen LogP contribution in [0.25, 0.3) is 0 Å². The van der Waals surface area contributed by atoms with Gasteiger partial charge < -0.3 is 10.6 Å². The van der Waals surface area contributed by atoms with Gasteiger partial charge in [-0.3, -0.25) is 9.59 Å². The number of aromatic nitrogens is 1. The van der Waals surface area contributed by atoms with Crippen molar-refractivity contribution in [2.75, 3.05) is 23.7 Å². The van der Waals surface area contributed by atoms with Crippen LogP contribution < -0.4 is 10.6 Å². The first-order valence-corrected chi connectivity index (χ1v) is 12.4. The predicted molar refractivity (Wildman–Crippen MR) is 115 cm³/mol. The summed E-state index contributed by atoms with van der Waals surface area (Å²) in [4.78, 5) is 28.6. The van der Waals surface area contributed by atoms with Gasteiger partial charge in [-0.1, -0.05) is 6.42 Å². The SMILES string of the molecule is O=C(Cc1csc(NC(=O)C2CC2)n1)Nc1ccc(S(=O)(=O)N2CCCCC2)cc1. The Balaban J connectivity index is 1.32. The van der Waals surface area contributed by atoms with E-state index in [1.807, 2.05) is 0 Å². The molecule has 2 aromatic rings. The van der Waals surface area contributed by atoms with Crippen molar-refractivity contribution in [2.45, 2.75) is 43.4 Å². The van der Waals surface area contributed by atoms with E-state index in [0.717, 1.165) is 32.1 Å². The van der Waals surface area contributed by atoms with Crippen molar-refractivity contribution in [1.82, 2.24) is 9.29 Å². The quantitative estimate of drug-likeness (QED) is 0.677. The highest BCUT2D eigenvalue weighted by atomic mass is 32.2. The minimum atomic E-state index is -3.49. The van der Waals surface area contributed by atoms with Crippen molar-refractivity contribution in [1.29, 1.82) is 0 Å². The van der Waals surface area contributed by atoms with Gasteiger partial charge in [0.15, 0.2) is 5.13 Å². The molecule has 0 atom stereocenters. The summed E-state index contributed by atoms with van der Waals surface area (Å²) in [5.74, 6) is -0.172. The summed E-state index contributed by atoms with van der Waals surface area (Å²) in [5.41, 5.74) is 1.10. The number of amides is 2. The van der Waals surface area contributed by atoms with E-state index in [-0.39, 0.29) is 29.0 Å². The van der Waals surface area contributed by atoms with Gasteiger partial charge in [0.05, 0.1) is 17.0 Å². The van der Waals surface area contributed by atoms with Crippen LogP contribution in [0, 0.1) is 5.92 Å². The second kappa shape index (κ2) is 8.83. The fraction of sp³-hybridized carbons (Fsp3) is 0.450. The molecule has 2 N–H and O–H groups in total. The smallest absolute Gasteiger partial charge is 0.243 e. The molecule has 1 aromatic heterocycles. The number of sulfonamides is 1. The second-order valence-corrected chi connectivity index (χ2v) is 10.4. The molecule has 160 valence electrons. The number of thiazole rings is 1. The molecule has 0 spiro atoms. The van der Waals surface area contributed by atoms with E-state index < -0.39 is 10.0 Å². The van der Waals surface area contributed by atoms with Crippen molar-refractivity contribution in [2.24, 2.45) is 5.92 Å². The van der Waals surface area contributed by atoms with Gasteiger partial charge in [0.1, 0.15) is 0 Å². The number of hydrogen-bond donors (Lipinski definition) is 2. The molecule has 8 nitrogen and oxygen atoms in total. The van der Waals surface area contributed by atoms with Crippen molar-refractivity contribution in [3.05, 3.63) is 35.3 Å². The Labute approximate surface area is 179 Å². The van der Waals surface area contributed by atoms with E-state index in [1.54, 1.807) is 17.5 Å². The molecule has 30 heavy (non-hydrogen) atoms. The van der Waals surface area contributed by atoms with Crippen molar-refractivity contribution < 1.29 is 18.0 Å². The Bertz CT molecular complexity index is 1020. The number of benzene rings is 1. The van der Waals surface area contributed by atoms with E-state index in [0.29, 0.717) is 29.6 Å². The number of rotatable bonds is 7. The highest BCUT2D eigenvalue weighted by Gasteiger charge is 2.30. The third kappa shape index (κ3) is 5.05. The maximum absolute atomic E-state index is 12.7. The third-order valence-corrected chi connectivity index (χ3v) is 7.88. The molecule has 0 bridgehead atoms. The highest BCUT2D eigenvalue weighted by molar-refractivity contribution is 7.89. The zero-order valence-electron chi connectivity index (χ0n) is 16.5. The van der Waals surface area contributed by atoms with Crippen molar-refractivity contribution >= 4 is 44.0 Å². The Hall–Kier alpha value is -2.30. The average molecular weight is 449 g/mol. The third-order valence-electron chi connectivity index (χ3n) is 5.16. The lowest BCUT2D eigenvalue weighted by Gasteiger charge is -2.25. The summed E-state index contributed by atoms with van der Waals surface area (Å²) in [6, 6.07) is 6.23. The molecule has 10 heteroatoms. The zero-order chi connectivity index (χ0) is 21.1. The lowest BCUT2D eigenvalue weighted by Crippen LogP contribution is -2.35. The molecule has 2 amide bonds. The lowest BCUT2D eigenvalue weighted by atomic mass is 10.2. The van der Waals surface area contributed by atoms with E-state index in [4.69, 9.17) is 0 Å². The molecular weight excluding hydrogens is 424 g/mol. The van der Waals surface area contributed by atoms with Gasteiger partial charge in [-0.15, -0.1) is 11.3 Å². The number of nitrogens with one attached hydrogen (secondary N) is 2. The zero-order valence-corrected chi connectivity index (χ0v) is 18.1. The van der Waals surface area contributed by atoms with Gasteiger partial charge in [-0.2, -0.15) is 4.31 Å². The molecule has 2 heterocycles. The minimum Gasteiger partial charge on any atom is -0.326 e. The number of carbonyl (C=O) groups excluding carboxylic acids is 2. The Morgan fingerprint density at radius 2 is 1.77 bits per heavy atom. The van der Waals surface area contributed by atoms with Crippen LogP contribution in [0.4, 0.5) is 10.8 Å². The van der Waals surface area contributed by atoms with Gasteiger partial charge in [0.25, 0.3) is 0 Å². The van der Waals surface area contributed by atoms with Crippen LogP contribution in [-0.4, -0.2) is 42.6 Å². The maximum atomic E-state index is 12.7. The van der Waals surface area contributed by atoms with Crippen LogP contribution in [-0.2, 0) is 26.0 Å². The molecule has 2 aliphatic rings. The van der Waals surface area contributed by atoms with E-state index >= 15 is 0 Å². The topological polar surface area (TPSA) is 108 Å². The molecule has 1 saturated heterocycles. The highest BCUT2D eigenvalue weighted by Crippen LogP contribution is 2.30. The Morgan fingerprint density at radius 1 is 1.07 bits per heavy atom. The molecule has 0 radical (unpaired) electrons. The summed E-state index contributed by atoms with van der Waals surface area (Å²) in [6.45, 7) is 1.11. The molecule has 4 rings (SSSR count). The Morgan fingerprint density at radius 3 is 2.43 bits per heavy atom. The lowest BCUT2D eigenvalue weighted by molar-refractivity contribution is -0.117. The van der Waals surface area contributed by atoms with Gasteiger partial charge in [-0.25, -0.2) is 13.4 Å².